The second kappa shape index (κ2) is 6.37. The SMILES string of the molecule is CS(=O)(=O)c1ccc(-n2nc(C(F)(F)F)nc2-c2cc(F)cc(F)c2)nc1. The molecule has 0 atom stereocenters. The molecule has 2 aromatic heterocycles. The highest BCUT2D eigenvalue weighted by Gasteiger charge is 2.37. The fraction of sp³-hybridized carbons (Fsp3) is 0.133. The van der Waals surface area contributed by atoms with Gasteiger partial charge in [-0.2, -0.15) is 17.9 Å². The molecule has 27 heavy (non-hydrogen) atoms. The van der Waals surface area contributed by atoms with Crippen LogP contribution in [0.3, 0.4) is 0 Å². The van der Waals surface area contributed by atoms with E-state index in [-0.39, 0.29) is 16.3 Å². The van der Waals surface area contributed by atoms with Gasteiger partial charge in [0.15, 0.2) is 21.5 Å². The molecule has 0 radical (unpaired) electrons. The minimum Gasteiger partial charge on any atom is -0.236 e. The summed E-state index contributed by atoms with van der Waals surface area (Å²) in [6.07, 6.45) is -3.06. The minimum absolute atomic E-state index is 0.166. The Morgan fingerprint density at radius 1 is 1.04 bits per heavy atom. The van der Waals surface area contributed by atoms with Crippen molar-refractivity contribution in [3.8, 4) is 17.2 Å². The molecule has 0 aliphatic rings. The van der Waals surface area contributed by atoms with E-state index in [9.17, 15) is 30.4 Å². The Kier molecular flexibility index (Phi) is 4.46. The maximum absolute atomic E-state index is 13.5. The molecule has 0 unspecified atom stereocenters. The van der Waals surface area contributed by atoms with Gasteiger partial charge >= 0.3 is 6.18 Å². The maximum atomic E-state index is 13.5. The van der Waals surface area contributed by atoms with Gasteiger partial charge in [0.1, 0.15) is 11.6 Å². The lowest BCUT2D eigenvalue weighted by Gasteiger charge is -2.06. The highest BCUT2D eigenvalue weighted by atomic mass is 32.2. The maximum Gasteiger partial charge on any atom is 0.453 e. The fourth-order valence-corrected chi connectivity index (χ4v) is 2.74. The Morgan fingerprint density at radius 3 is 2.15 bits per heavy atom. The molecule has 0 amide bonds. The van der Waals surface area contributed by atoms with Crippen LogP contribution in [0, 0.1) is 11.6 Å². The van der Waals surface area contributed by atoms with Crippen LogP contribution in [0.4, 0.5) is 22.0 Å². The van der Waals surface area contributed by atoms with Gasteiger partial charge in [-0.1, -0.05) is 0 Å². The van der Waals surface area contributed by atoms with E-state index in [1.54, 1.807) is 0 Å². The highest BCUT2D eigenvalue weighted by Crippen LogP contribution is 2.30. The molecule has 142 valence electrons. The van der Waals surface area contributed by atoms with Crippen molar-refractivity contribution in [2.45, 2.75) is 11.1 Å². The molecule has 0 spiro atoms. The highest BCUT2D eigenvalue weighted by molar-refractivity contribution is 7.90. The molecule has 0 bridgehead atoms. The first-order chi connectivity index (χ1) is 12.4. The molecule has 6 nitrogen and oxygen atoms in total. The summed E-state index contributed by atoms with van der Waals surface area (Å²) in [5.74, 6) is -4.32. The van der Waals surface area contributed by atoms with Gasteiger partial charge in [0.25, 0.3) is 5.82 Å². The van der Waals surface area contributed by atoms with E-state index in [0.29, 0.717) is 10.7 Å². The third kappa shape index (κ3) is 3.94. The number of pyridine rings is 1. The lowest BCUT2D eigenvalue weighted by molar-refractivity contribution is -0.144. The van der Waals surface area contributed by atoms with Crippen molar-refractivity contribution < 1.29 is 30.4 Å². The van der Waals surface area contributed by atoms with Crippen LogP contribution in [-0.4, -0.2) is 34.4 Å². The van der Waals surface area contributed by atoms with Gasteiger partial charge < -0.3 is 0 Å². The molecule has 1 aromatic carbocycles. The van der Waals surface area contributed by atoms with Crippen LogP contribution in [0.15, 0.2) is 41.4 Å². The molecular formula is C15H9F5N4O2S. The van der Waals surface area contributed by atoms with E-state index in [2.05, 4.69) is 15.1 Å². The third-order valence-corrected chi connectivity index (χ3v) is 4.45. The first-order valence-electron chi connectivity index (χ1n) is 7.12. The van der Waals surface area contributed by atoms with E-state index in [1.807, 2.05) is 0 Å². The van der Waals surface area contributed by atoms with E-state index in [0.717, 1.165) is 36.7 Å². The van der Waals surface area contributed by atoms with Crippen LogP contribution in [0.5, 0.6) is 0 Å². The van der Waals surface area contributed by atoms with Gasteiger partial charge in [0.05, 0.1) is 4.90 Å². The van der Waals surface area contributed by atoms with E-state index in [4.69, 9.17) is 0 Å². The topological polar surface area (TPSA) is 77.7 Å². The predicted molar refractivity (Wildman–Crippen MR) is 82.6 cm³/mol. The Morgan fingerprint density at radius 2 is 1.67 bits per heavy atom. The summed E-state index contributed by atoms with van der Waals surface area (Å²) in [5, 5.41) is 3.30. The molecule has 2 heterocycles. The molecule has 0 fully saturated rings. The Labute approximate surface area is 149 Å². The molecule has 0 aliphatic heterocycles. The molecule has 12 heteroatoms. The Balaban J connectivity index is 2.21. The van der Waals surface area contributed by atoms with E-state index in [1.165, 1.54) is 0 Å². The minimum atomic E-state index is -4.92. The largest absolute Gasteiger partial charge is 0.453 e. The first-order valence-corrected chi connectivity index (χ1v) is 9.01. The monoisotopic (exact) mass is 404 g/mol. The van der Waals surface area contributed by atoms with Crippen molar-refractivity contribution in [1.82, 2.24) is 19.7 Å². The molecule has 3 rings (SSSR count). The standard InChI is InChI=1S/C15H9F5N4O2S/c1-27(25,26)11-2-3-12(21-7-11)24-13(22-14(23-24)15(18,19)20)8-4-9(16)6-10(17)5-8/h2-7H,1H3. The number of halogens is 5. The Bertz CT molecular complexity index is 1090. The third-order valence-electron chi connectivity index (χ3n) is 3.35. The molecular weight excluding hydrogens is 395 g/mol. The van der Waals surface area contributed by atoms with E-state index >= 15 is 0 Å². The molecule has 0 N–H and O–H groups in total. The normalized spacial score (nSPS) is 12.4. The van der Waals surface area contributed by atoms with Crippen LogP contribution in [-0.2, 0) is 16.0 Å². The summed E-state index contributed by atoms with van der Waals surface area (Å²) in [7, 11) is -3.58. The lowest BCUT2D eigenvalue weighted by atomic mass is 10.2. The summed E-state index contributed by atoms with van der Waals surface area (Å²) in [6.45, 7) is 0. The molecule has 3 aromatic rings. The average molecular weight is 404 g/mol. The van der Waals surface area contributed by atoms with Crippen LogP contribution in [0.1, 0.15) is 5.82 Å². The number of benzene rings is 1. The van der Waals surface area contributed by atoms with Gasteiger partial charge in [-0.3, -0.25) is 0 Å². The molecule has 0 saturated heterocycles. The van der Waals surface area contributed by atoms with Crippen molar-refractivity contribution in [3.05, 3.63) is 54.0 Å². The van der Waals surface area contributed by atoms with Crippen molar-refractivity contribution in [2.75, 3.05) is 6.26 Å². The van der Waals surface area contributed by atoms with Crippen LogP contribution in [0.2, 0.25) is 0 Å². The number of hydrogen-bond donors (Lipinski definition) is 0. The molecule has 0 aliphatic carbocycles. The average Bonchev–Trinajstić information content (AvgIpc) is 2.99. The van der Waals surface area contributed by atoms with Gasteiger partial charge in [0, 0.05) is 24.1 Å². The number of aromatic nitrogens is 4. The summed E-state index contributed by atoms with van der Waals surface area (Å²) in [5.41, 5.74) is -0.301. The number of sulfone groups is 1. The number of hydrogen-bond acceptors (Lipinski definition) is 5. The predicted octanol–water partition coefficient (Wildman–Crippen LogP) is 3.03. The Hall–Kier alpha value is -2.89. The second-order valence-electron chi connectivity index (χ2n) is 5.45. The van der Waals surface area contributed by atoms with Crippen molar-refractivity contribution in [1.29, 1.82) is 0 Å². The number of alkyl halides is 3. The van der Waals surface area contributed by atoms with Gasteiger partial charge in [-0.15, -0.1) is 5.10 Å². The summed E-state index contributed by atoms with van der Waals surface area (Å²) >= 11 is 0. The first kappa shape index (κ1) is 18.9. The van der Waals surface area contributed by atoms with Crippen LogP contribution >= 0.6 is 0 Å². The van der Waals surface area contributed by atoms with Crippen molar-refractivity contribution in [2.24, 2.45) is 0 Å². The smallest absolute Gasteiger partial charge is 0.236 e. The van der Waals surface area contributed by atoms with E-state index < -0.39 is 39.3 Å². The second-order valence-corrected chi connectivity index (χ2v) is 7.47. The van der Waals surface area contributed by atoms with Crippen LogP contribution in [0.25, 0.3) is 17.2 Å². The van der Waals surface area contributed by atoms with Crippen molar-refractivity contribution in [3.63, 3.8) is 0 Å². The zero-order valence-corrected chi connectivity index (χ0v) is 14.2. The van der Waals surface area contributed by atoms with Gasteiger partial charge in [0.2, 0.25) is 0 Å². The number of nitrogens with zero attached hydrogens (tertiary/aromatic N) is 4. The zero-order chi connectivity index (χ0) is 20.0. The van der Waals surface area contributed by atoms with Gasteiger partial charge in [-0.05, 0) is 24.3 Å². The fourth-order valence-electron chi connectivity index (χ4n) is 2.18. The van der Waals surface area contributed by atoms with Gasteiger partial charge in [-0.25, -0.2) is 27.2 Å². The quantitative estimate of drug-likeness (QED) is 0.627. The summed E-state index contributed by atoms with van der Waals surface area (Å²) in [6, 6.07) is 4.34. The molecule has 0 saturated carbocycles. The zero-order valence-electron chi connectivity index (χ0n) is 13.4. The summed E-state index contributed by atoms with van der Waals surface area (Å²) < 4.78 is 89.5. The van der Waals surface area contributed by atoms with Crippen molar-refractivity contribution >= 4 is 9.84 Å². The number of rotatable bonds is 3. The van der Waals surface area contributed by atoms with Crippen LogP contribution < -0.4 is 0 Å². The summed E-state index contributed by atoms with van der Waals surface area (Å²) in [4.78, 5) is 6.92. The lowest BCUT2D eigenvalue weighted by Crippen LogP contribution is -2.09.